The lowest BCUT2D eigenvalue weighted by atomic mass is 10.0. The van der Waals surface area contributed by atoms with E-state index in [4.69, 9.17) is 25.5 Å². The summed E-state index contributed by atoms with van der Waals surface area (Å²) >= 11 is 6.46. The van der Waals surface area contributed by atoms with Crippen molar-refractivity contribution in [1.82, 2.24) is 0 Å². The summed E-state index contributed by atoms with van der Waals surface area (Å²) < 4.78 is 16.3. The van der Waals surface area contributed by atoms with E-state index in [-0.39, 0.29) is 6.61 Å². The second-order valence-electron chi connectivity index (χ2n) is 6.06. The lowest BCUT2D eigenvalue weighted by molar-refractivity contribution is -0.145. The normalized spacial score (nSPS) is 11.0. The predicted molar refractivity (Wildman–Crippen MR) is 106 cm³/mol. The Balaban J connectivity index is 1.65. The fourth-order valence-electron chi connectivity index (χ4n) is 3.00. The molecule has 0 bridgehead atoms. The highest BCUT2D eigenvalue weighted by atomic mass is 35.5. The zero-order chi connectivity index (χ0) is 18.8. The highest BCUT2D eigenvalue weighted by molar-refractivity contribution is 6.37. The molecule has 0 radical (unpaired) electrons. The van der Waals surface area contributed by atoms with Gasteiger partial charge in [0.05, 0.1) is 11.6 Å². The van der Waals surface area contributed by atoms with E-state index in [1.165, 1.54) is 0 Å². The van der Waals surface area contributed by atoms with Gasteiger partial charge < -0.3 is 13.9 Å². The minimum absolute atomic E-state index is 0.171. The van der Waals surface area contributed by atoms with Crippen molar-refractivity contribution < 1.29 is 18.7 Å². The Morgan fingerprint density at radius 2 is 1.89 bits per heavy atom. The van der Waals surface area contributed by atoms with Gasteiger partial charge in [0.25, 0.3) is 0 Å². The molecule has 4 rings (SSSR count). The number of hydrogen-bond donors (Lipinski definition) is 0. The molecule has 0 aliphatic heterocycles. The summed E-state index contributed by atoms with van der Waals surface area (Å²) in [5.41, 5.74) is 1.82. The molecule has 0 saturated heterocycles. The first-order valence-corrected chi connectivity index (χ1v) is 9.03. The molecule has 1 heterocycles. The van der Waals surface area contributed by atoms with Crippen LogP contribution < -0.4 is 4.74 Å². The molecule has 0 aliphatic carbocycles. The lowest BCUT2D eigenvalue weighted by Crippen LogP contribution is -2.14. The summed E-state index contributed by atoms with van der Waals surface area (Å²) in [6, 6.07) is 19.5. The minimum Gasteiger partial charge on any atom is -0.480 e. The molecule has 5 heteroatoms. The number of esters is 1. The van der Waals surface area contributed by atoms with Crippen LogP contribution >= 0.6 is 11.6 Å². The number of carbonyl (C=O) groups is 1. The Hall–Kier alpha value is -2.98. The topological polar surface area (TPSA) is 48.7 Å². The van der Waals surface area contributed by atoms with Crippen molar-refractivity contribution >= 4 is 39.3 Å². The van der Waals surface area contributed by atoms with Crippen LogP contribution in [-0.2, 0) is 9.53 Å². The number of para-hydroxylation sites is 1. The van der Waals surface area contributed by atoms with Gasteiger partial charge in [-0.3, -0.25) is 0 Å². The van der Waals surface area contributed by atoms with Gasteiger partial charge >= 0.3 is 5.97 Å². The summed E-state index contributed by atoms with van der Waals surface area (Å²) in [5.74, 6) is 0.833. The van der Waals surface area contributed by atoms with Crippen molar-refractivity contribution in [2.45, 2.75) is 6.92 Å². The van der Waals surface area contributed by atoms with Gasteiger partial charge in [0, 0.05) is 16.3 Å². The van der Waals surface area contributed by atoms with Gasteiger partial charge in [0.15, 0.2) is 6.61 Å². The number of fused-ring (bicyclic) bond motifs is 2. The number of ether oxygens (including phenoxy) is 2. The first-order valence-electron chi connectivity index (χ1n) is 8.65. The first kappa shape index (κ1) is 17.4. The molecular weight excluding hydrogens is 364 g/mol. The Kier molecular flexibility index (Phi) is 4.73. The average Bonchev–Trinajstić information content (AvgIpc) is 3.12. The van der Waals surface area contributed by atoms with Crippen molar-refractivity contribution in [3.05, 3.63) is 65.7 Å². The second-order valence-corrected chi connectivity index (χ2v) is 6.43. The lowest BCUT2D eigenvalue weighted by Gasteiger charge is -2.10. The average molecular weight is 381 g/mol. The van der Waals surface area contributed by atoms with Crippen molar-refractivity contribution in [2.75, 3.05) is 13.2 Å². The molecule has 4 aromatic rings. The molecule has 27 heavy (non-hydrogen) atoms. The Bertz CT molecular complexity index is 1100. The number of hydrogen-bond acceptors (Lipinski definition) is 4. The molecule has 1 aromatic heterocycles. The van der Waals surface area contributed by atoms with Gasteiger partial charge in [-0.25, -0.2) is 4.79 Å². The predicted octanol–water partition coefficient (Wildman–Crippen LogP) is 5.85. The molecule has 0 aliphatic rings. The quantitative estimate of drug-likeness (QED) is 0.407. The second kappa shape index (κ2) is 7.33. The van der Waals surface area contributed by atoms with Gasteiger partial charge in [-0.15, -0.1) is 0 Å². The fourth-order valence-corrected chi connectivity index (χ4v) is 3.29. The number of halogens is 1. The molecular formula is C22H17ClO4. The van der Waals surface area contributed by atoms with E-state index in [9.17, 15) is 4.79 Å². The molecule has 0 unspecified atom stereocenters. The van der Waals surface area contributed by atoms with E-state index in [0.717, 1.165) is 33.1 Å². The third-order valence-corrected chi connectivity index (χ3v) is 4.67. The summed E-state index contributed by atoms with van der Waals surface area (Å²) in [7, 11) is 0. The Morgan fingerprint density at radius 1 is 1.04 bits per heavy atom. The van der Waals surface area contributed by atoms with Crippen LogP contribution in [-0.4, -0.2) is 19.2 Å². The van der Waals surface area contributed by atoms with Crippen LogP contribution in [0.5, 0.6) is 5.75 Å². The third-order valence-electron chi connectivity index (χ3n) is 4.28. The van der Waals surface area contributed by atoms with E-state index in [0.29, 0.717) is 17.4 Å². The molecule has 0 amide bonds. The SMILES string of the molecule is CCOC(=O)COc1ccc2cc(-c3cc4ccccc4o3)ccc2c1Cl. The number of carbonyl (C=O) groups excluding carboxylic acids is 1. The van der Waals surface area contributed by atoms with Crippen molar-refractivity contribution in [3.8, 4) is 17.1 Å². The Morgan fingerprint density at radius 3 is 2.70 bits per heavy atom. The largest absolute Gasteiger partial charge is 0.480 e. The monoisotopic (exact) mass is 380 g/mol. The van der Waals surface area contributed by atoms with Crippen LogP contribution in [0, 0.1) is 0 Å². The van der Waals surface area contributed by atoms with Crippen molar-refractivity contribution in [2.24, 2.45) is 0 Å². The van der Waals surface area contributed by atoms with Crippen LogP contribution in [0.15, 0.2) is 65.1 Å². The molecule has 0 spiro atoms. The third kappa shape index (κ3) is 3.49. The fraction of sp³-hybridized carbons (Fsp3) is 0.136. The summed E-state index contributed by atoms with van der Waals surface area (Å²) in [5, 5.41) is 3.33. The molecule has 0 saturated carbocycles. The minimum atomic E-state index is -0.422. The molecule has 0 atom stereocenters. The maximum absolute atomic E-state index is 11.5. The van der Waals surface area contributed by atoms with Gasteiger partial charge in [0.1, 0.15) is 17.1 Å². The molecule has 0 fully saturated rings. The van der Waals surface area contributed by atoms with Gasteiger partial charge in [-0.05, 0) is 36.6 Å². The van der Waals surface area contributed by atoms with Crippen LogP contribution in [0.4, 0.5) is 0 Å². The molecule has 136 valence electrons. The van der Waals surface area contributed by atoms with Gasteiger partial charge in [-0.1, -0.05) is 48.0 Å². The highest BCUT2D eigenvalue weighted by Crippen LogP contribution is 2.36. The smallest absolute Gasteiger partial charge is 0.344 e. The summed E-state index contributed by atoms with van der Waals surface area (Å²) in [6.07, 6.45) is 0. The van der Waals surface area contributed by atoms with Crippen LogP contribution in [0.25, 0.3) is 33.1 Å². The van der Waals surface area contributed by atoms with E-state index in [1.807, 2.05) is 54.6 Å². The van der Waals surface area contributed by atoms with Gasteiger partial charge in [0.2, 0.25) is 0 Å². The highest BCUT2D eigenvalue weighted by Gasteiger charge is 2.12. The maximum atomic E-state index is 11.5. The number of benzene rings is 3. The zero-order valence-electron chi connectivity index (χ0n) is 14.7. The van der Waals surface area contributed by atoms with E-state index >= 15 is 0 Å². The number of furan rings is 1. The Labute approximate surface area is 161 Å². The molecule has 0 N–H and O–H groups in total. The van der Waals surface area contributed by atoms with E-state index in [1.54, 1.807) is 13.0 Å². The van der Waals surface area contributed by atoms with E-state index < -0.39 is 5.97 Å². The van der Waals surface area contributed by atoms with E-state index in [2.05, 4.69) is 0 Å². The standard InChI is InChI=1S/C22H17ClO4/c1-2-25-21(24)13-26-19-10-8-14-11-16(7-9-17(14)22(19)23)20-12-15-5-3-4-6-18(15)27-20/h3-12H,2,13H2,1H3. The summed E-state index contributed by atoms with van der Waals surface area (Å²) in [6.45, 7) is 1.90. The number of rotatable bonds is 5. The van der Waals surface area contributed by atoms with Crippen molar-refractivity contribution in [3.63, 3.8) is 0 Å². The van der Waals surface area contributed by atoms with Crippen LogP contribution in [0.3, 0.4) is 0 Å². The van der Waals surface area contributed by atoms with Crippen LogP contribution in [0.1, 0.15) is 6.92 Å². The van der Waals surface area contributed by atoms with Gasteiger partial charge in [-0.2, -0.15) is 0 Å². The zero-order valence-corrected chi connectivity index (χ0v) is 15.5. The maximum Gasteiger partial charge on any atom is 0.344 e. The van der Waals surface area contributed by atoms with Crippen molar-refractivity contribution in [1.29, 1.82) is 0 Å². The van der Waals surface area contributed by atoms with Crippen LogP contribution in [0.2, 0.25) is 5.02 Å². The summed E-state index contributed by atoms with van der Waals surface area (Å²) in [4.78, 5) is 11.5. The first-order chi connectivity index (χ1) is 13.2. The molecule has 4 nitrogen and oxygen atoms in total. The molecule has 3 aromatic carbocycles.